The summed E-state index contributed by atoms with van der Waals surface area (Å²) >= 11 is 2.36. The van der Waals surface area contributed by atoms with Crippen LogP contribution in [0.5, 0.6) is 0 Å². The maximum atomic E-state index is 12.2. The summed E-state index contributed by atoms with van der Waals surface area (Å²) in [6.07, 6.45) is 1.16. The van der Waals surface area contributed by atoms with Crippen LogP contribution in [0.25, 0.3) is 0 Å². The van der Waals surface area contributed by atoms with E-state index in [1.165, 1.54) is 11.8 Å². The van der Waals surface area contributed by atoms with Crippen LogP contribution in [-0.2, 0) is 4.79 Å². The van der Waals surface area contributed by atoms with Crippen molar-refractivity contribution in [1.29, 1.82) is 0 Å². The molecule has 1 aliphatic heterocycles. The summed E-state index contributed by atoms with van der Waals surface area (Å²) < 4.78 is 0. The van der Waals surface area contributed by atoms with Crippen LogP contribution >= 0.6 is 23.1 Å². The van der Waals surface area contributed by atoms with Crippen LogP contribution in [0.4, 0.5) is 5.00 Å². The highest BCUT2D eigenvalue weighted by atomic mass is 32.2. The van der Waals surface area contributed by atoms with E-state index in [1.54, 1.807) is 11.4 Å². The Bertz CT molecular complexity index is 494. The Morgan fingerprint density at radius 1 is 1.50 bits per heavy atom. The van der Waals surface area contributed by atoms with Gasteiger partial charge in [-0.1, -0.05) is 25.2 Å². The zero-order valence-corrected chi connectivity index (χ0v) is 13.2. The van der Waals surface area contributed by atoms with E-state index in [-0.39, 0.29) is 21.6 Å². The predicted molar refractivity (Wildman–Crippen MR) is 81.2 cm³/mol. The van der Waals surface area contributed by atoms with Gasteiger partial charge in [0.25, 0.3) is 0 Å². The first-order chi connectivity index (χ1) is 9.47. The Labute approximate surface area is 126 Å². The molecule has 110 valence electrons. The zero-order valence-electron chi connectivity index (χ0n) is 11.6. The molecule has 5 nitrogen and oxygen atoms in total. The molecule has 1 aliphatic rings. The fourth-order valence-electron chi connectivity index (χ4n) is 2.63. The summed E-state index contributed by atoms with van der Waals surface area (Å²) in [7, 11) is 0. The van der Waals surface area contributed by atoms with Crippen LogP contribution in [-0.4, -0.2) is 34.6 Å². The third kappa shape index (κ3) is 3.73. The van der Waals surface area contributed by atoms with Crippen molar-refractivity contribution >= 4 is 34.0 Å². The van der Waals surface area contributed by atoms with Crippen LogP contribution in [0.2, 0.25) is 0 Å². The Hall–Kier alpha value is -1.08. The molecule has 2 rings (SSSR count). The Kier molecular flexibility index (Phi) is 5.04. The SMILES string of the molecule is C[C@@H]1C[C@H](C)CN(C(=O)CSc2ccsc2[N+](=O)[O-])C1. The number of rotatable bonds is 4. The summed E-state index contributed by atoms with van der Waals surface area (Å²) in [6.45, 7) is 5.92. The average molecular weight is 314 g/mol. The van der Waals surface area contributed by atoms with E-state index in [4.69, 9.17) is 0 Å². The second-order valence-corrected chi connectivity index (χ2v) is 7.29. The van der Waals surface area contributed by atoms with Gasteiger partial charge in [0.2, 0.25) is 5.91 Å². The number of carbonyl (C=O) groups is 1. The van der Waals surface area contributed by atoms with E-state index in [1.807, 2.05) is 4.90 Å². The van der Waals surface area contributed by atoms with Gasteiger partial charge in [-0.3, -0.25) is 14.9 Å². The van der Waals surface area contributed by atoms with Crippen LogP contribution in [0.15, 0.2) is 16.3 Å². The van der Waals surface area contributed by atoms with E-state index in [0.717, 1.165) is 30.8 Å². The van der Waals surface area contributed by atoms with E-state index >= 15 is 0 Å². The number of likely N-dealkylation sites (tertiary alicyclic amines) is 1. The molecule has 1 fully saturated rings. The van der Waals surface area contributed by atoms with Gasteiger partial charge in [0, 0.05) is 13.1 Å². The number of hydrogen-bond donors (Lipinski definition) is 0. The lowest BCUT2D eigenvalue weighted by Crippen LogP contribution is -2.43. The number of thiophene rings is 1. The Morgan fingerprint density at radius 2 is 2.15 bits per heavy atom. The second-order valence-electron chi connectivity index (χ2n) is 5.38. The topological polar surface area (TPSA) is 63.5 Å². The quantitative estimate of drug-likeness (QED) is 0.486. The normalized spacial score (nSPS) is 22.8. The van der Waals surface area contributed by atoms with E-state index in [2.05, 4.69) is 13.8 Å². The molecule has 20 heavy (non-hydrogen) atoms. The molecular weight excluding hydrogens is 296 g/mol. The first kappa shape index (κ1) is 15.3. The Balaban J connectivity index is 1.91. The first-order valence-electron chi connectivity index (χ1n) is 6.59. The lowest BCUT2D eigenvalue weighted by Gasteiger charge is -2.34. The molecule has 0 spiro atoms. The van der Waals surface area contributed by atoms with Crippen LogP contribution in [0.3, 0.4) is 0 Å². The van der Waals surface area contributed by atoms with Crippen molar-refractivity contribution in [3.63, 3.8) is 0 Å². The van der Waals surface area contributed by atoms with Gasteiger partial charge in [-0.05, 0) is 29.7 Å². The van der Waals surface area contributed by atoms with Crippen molar-refractivity contribution in [1.82, 2.24) is 4.90 Å². The summed E-state index contributed by atoms with van der Waals surface area (Å²) in [5.41, 5.74) is 0. The van der Waals surface area contributed by atoms with Gasteiger partial charge in [0.15, 0.2) is 0 Å². The maximum Gasteiger partial charge on any atom is 0.337 e. The minimum absolute atomic E-state index is 0.0777. The van der Waals surface area contributed by atoms with Crippen molar-refractivity contribution in [3.05, 3.63) is 21.6 Å². The third-order valence-corrected chi connectivity index (χ3v) is 5.37. The summed E-state index contributed by atoms with van der Waals surface area (Å²) in [5.74, 6) is 1.41. The number of thioether (sulfide) groups is 1. The predicted octanol–water partition coefficient (Wildman–Crippen LogP) is 3.25. The number of nitro groups is 1. The third-order valence-electron chi connectivity index (χ3n) is 3.35. The largest absolute Gasteiger partial charge is 0.341 e. The zero-order chi connectivity index (χ0) is 14.7. The molecule has 0 unspecified atom stereocenters. The first-order valence-corrected chi connectivity index (χ1v) is 8.46. The molecule has 0 saturated carbocycles. The molecule has 1 aromatic rings. The van der Waals surface area contributed by atoms with E-state index in [0.29, 0.717) is 16.7 Å². The van der Waals surface area contributed by atoms with Crippen LogP contribution < -0.4 is 0 Å². The monoisotopic (exact) mass is 314 g/mol. The van der Waals surface area contributed by atoms with Gasteiger partial charge in [0.1, 0.15) is 0 Å². The summed E-state index contributed by atoms with van der Waals surface area (Å²) in [5, 5.41) is 12.6. The summed E-state index contributed by atoms with van der Waals surface area (Å²) in [4.78, 5) is 25.1. The van der Waals surface area contributed by atoms with Crippen molar-refractivity contribution in [2.45, 2.75) is 25.2 Å². The highest BCUT2D eigenvalue weighted by Gasteiger charge is 2.26. The highest BCUT2D eigenvalue weighted by molar-refractivity contribution is 8.00. The summed E-state index contributed by atoms with van der Waals surface area (Å²) in [6, 6.07) is 1.71. The molecular formula is C13H18N2O3S2. The molecule has 0 N–H and O–H groups in total. The van der Waals surface area contributed by atoms with Gasteiger partial charge in [0.05, 0.1) is 15.6 Å². The van der Waals surface area contributed by atoms with E-state index in [9.17, 15) is 14.9 Å². The molecule has 1 saturated heterocycles. The Morgan fingerprint density at radius 3 is 2.75 bits per heavy atom. The van der Waals surface area contributed by atoms with Crippen molar-refractivity contribution in [2.75, 3.05) is 18.8 Å². The van der Waals surface area contributed by atoms with Gasteiger partial charge < -0.3 is 4.90 Å². The van der Waals surface area contributed by atoms with Gasteiger partial charge in [-0.15, -0.1) is 11.8 Å². The fourth-order valence-corrected chi connectivity index (χ4v) is 4.46. The average Bonchev–Trinajstić information content (AvgIpc) is 2.83. The number of hydrogen-bond acceptors (Lipinski definition) is 5. The number of piperidine rings is 1. The molecule has 0 radical (unpaired) electrons. The number of carbonyl (C=O) groups excluding carboxylic acids is 1. The fraction of sp³-hybridized carbons (Fsp3) is 0.615. The van der Waals surface area contributed by atoms with Crippen molar-refractivity contribution in [2.24, 2.45) is 11.8 Å². The molecule has 1 amide bonds. The molecule has 7 heteroatoms. The van der Waals surface area contributed by atoms with Crippen LogP contribution in [0, 0.1) is 22.0 Å². The molecule has 0 aliphatic carbocycles. The smallest absolute Gasteiger partial charge is 0.337 e. The molecule has 2 heterocycles. The van der Waals surface area contributed by atoms with Crippen LogP contribution in [0.1, 0.15) is 20.3 Å². The minimum atomic E-state index is -0.386. The molecule has 1 aromatic heterocycles. The second kappa shape index (κ2) is 6.58. The van der Waals surface area contributed by atoms with Gasteiger partial charge in [-0.25, -0.2) is 0 Å². The minimum Gasteiger partial charge on any atom is -0.341 e. The molecule has 0 bridgehead atoms. The van der Waals surface area contributed by atoms with Crippen molar-refractivity contribution in [3.8, 4) is 0 Å². The number of amides is 1. The standard InChI is InChI=1S/C13H18N2O3S2/c1-9-5-10(2)7-14(6-9)12(16)8-20-11-3-4-19-13(11)15(17)18/h3-4,9-10H,5-8H2,1-2H3/t9-,10+. The highest BCUT2D eigenvalue weighted by Crippen LogP contribution is 2.34. The molecule has 2 atom stereocenters. The van der Waals surface area contributed by atoms with Gasteiger partial charge >= 0.3 is 5.00 Å². The lowest BCUT2D eigenvalue weighted by atomic mass is 9.92. The van der Waals surface area contributed by atoms with Gasteiger partial charge in [-0.2, -0.15) is 0 Å². The number of nitrogens with zero attached hydrogens (tertiary/aromatic N) is 2. The molecule has 0 aromatic carbocycles. The van der Waals surface area contributed by atoms with E-state index < -0.39 is 0 Å². The lowest BCUT2D eigenvalue weighted by molar-refractivity contribution is -0.382. The van der Waals surface area contributed by atoms with Crippen molar-refractivity contribution < 1.29 is 9.72 Å². The maximum absolute atomic E-state index is 12.2.